The molecule has 1 aromatic rings. The van der Waals surface area contributed by atoms with Gasteiger partial charge >= 0.3 is 0 Å². The van der Waals surface area contributed by atoms with Crippen LogP contribution < -0.4 is 5.32 Å². The number of rotatable bonds is 6. The second-order valence-corrected chi connectivity index (χ2v) is 5.86. The number of hydrogen-bond acceptors (Lipinski definition) is 2. The van der Waals surface area contributed by atoms with Crippen LogP contribution in [0, 0.1) is 5.92 Å². The van der Waals surface area contributed by atoms with Gasteiger partial charge < -0.3 is 5.32 Å². The molecule has 0 bridgehead atoms. The zero-order valence-electron chi connectivity index (χ0n) is 11.2. The lowest BCUT2D eigenvalue weighted by Gasteiger charge is -2.13. The van der Waals surface area contributed by atoms with Gasteiger partial charge in [0.25, 0.3) is 0 Å². The molecule has 1 amide bonds. The molecular formula is C14H21NO2S. The van der Waals surface area contributed by atoms with Gasteiger partial charge in [0.15, 0.2) is 0 Å². The van der Waals surface area contributed by atoms with Gasteiger partial charge in [-0.25, -0.2) is 0 Å². The molecule has 0 saturated carbocycles. The van der Waals surface area contributed by atoms with Gasteiger partial charge in [-0.3, -0.25) is 9.00 Å². The number of carbonyl (C=O) groups is 1. The fourth-order valence-corrected chi connectivity index (χ4v) is 2.53. The summed E-state index contributed by atoms with van der Waals surface area (Å²) in [5.74, 6) is 0.651. The molecule has 4 heteroatoms. The molecule has 0 radical (unpaired) electrons. The highest BCUT2D eigenvalue weighted by Crippen LogP contribution is 2.15. The zero-order valence-corrected chi connectivity index (χ0v) is 12.0. The standard InChI is InChI=1S/C14H21NO2S/c1-4-12(5-2)14(16)15-13-8-6-7-11(9-13)10-18(3)17/h6-9,12H,4-5,10H2,1-3H3,(H,15,16)/t18-/m1/s1. The van der Waals surface area contributed by atoms with Crippen LogP contribution in [0.5, 0.6) is 0 Å². The van der Waals surface area contributed by atoms with Crippen molar-refractivity contribution in [2.24, 2.45) is 5.92 Å². The number of benzene rings is 1. The summed E-state index contributed by atoms with van der Waals surface area (Å²) in [6.45, 7) is 4.04. The Balaban J connectivity index is 2.72. The molecule has 1 atom stereocenters. The molecule has 0 aliphatic rings. The second kappa shape index (κ2) is 7.31. The van der Waals surface area contributed by atoms with E-state index in [1.54, 1.807) is 6.26 Å². The third kappa shape index (κ3) is 4.61. The minimum atomic E-state index is -0.862. The Morgan fingerprint density at radius 3 is 2.56 bits per heavy atom. The van der Waals surface area contributed by atoms with Crippen molar-refractivity contribution in [2.75, 3.05) is 11.6 Å². The Labute approximate surface area is 111 Å². The average molecular weight is 267 g/mol. The van der Waals surface area contributed by atoms with E-state index in [9.17, 15) is 9.00 Å². The molecule has 3 nitrogen and oxygen atoms in total. The predicted octanol–water partition coefficient (Wildman–Crippen LogP) is 2.94. The molecular weight excluding hydrogens is 246 g/mol. The number of hydrogen-bond donors (Lipinski definition) is 1. The third-order valence-electron chi connectivity index (χ3n) is 2.92. The highest BCUT2D eigenvalue weighted by atomic mass is 32.2. The Morgan fingerprint density at radius 1 is 1.33 bits per heavy atom. The van der Waals surface area contributed by atoms with Crippen molar-refractivity contribution in [3.63, 3.8) is 0 Å². The Morgan fingerprint density at radius 2 is 2.00 bits per heavy atom. The van der Waals surface area contributed by atoms with Gasteiger partial charge in [-0.05, 0) is 30.5 Å². The molecule has 0 unspecified atom stereocenters. The minimum Gasteiger partial charge on any atom is -0.326 e. The second-order valence-electron chi connectivity index (χ2n) is 4.42. The molecule has 1 aromatic carbocycles. The topological polar surface area (TPSA) is 46.2 Å². The largest absolute Gasteiger partial charge is 0.326 e. The summed E-state index contributed by atoms with van der Waals surface area (Å²) in [6, 6.07) is 7.56. The van der Waals surface area contributed by atoms with E-state index in [4.69, 9.17) is 0 Å². The minimum absolute atomic E-state index is 0.0639. The molecule has 0 saturated heterocycles. The lowest BCUT2D eigenvalue weighted by atomic mass is 10.0. The summed E-state index contributed by atoms with van der Waals surface area (Å²) in [6.07, 6.45) is 3.37. The fraction of sp³-hybridized carbons (Fsp3) is 0.500. The van der Waals surface area contributed by atoms with Crippen molar-refractivity contribution < 1.29 is 9.00 Å². The van der Waals surface area contributed by atoms with Gasteiger partial charge in [0.1, 0.15) is 0 Å². The molecule has 0 aliphatic heterocycles. The van der Waals surface area contributed by atoms with Crippen molar-refractivity contribution in [3.05, 3.63) is 29.8 Å². The van der Waals surface area contributed by atoms with Crippen molar-refractivity contribution in [1.82, 2.24) is 0 Å². The van der Waals surface area contributed by atoms with Crippen LogP contribution >= 0.6 is 0 Å². The molecule has 0 spiro atoms. The van der Waals surface area contributed by atoms with Crippen LogP contribution in [0.25, 0.3) is 0 Å². The number of amides is 1. The summed E-state index contributed by atoms with van der Waals surface area (Å²) in [5, 5.41) is 2.92. The van der Waals surface area contributed by atoms with E-state index in [0.29, 0.717) is 5.75 Å². The summed E-state index contributed by atoms with van der Waals surface area (Å²) >= 11 is 0. The first-order chi connectivity index (χ1) is 8.56. The first-order valence-electron chi connectivity index (χ1n) is 6.26. The molecule has 1 N–H and O–H groups in total. The van der Waals surface area contributed by atoms with Crippen molar-refractivity contribution in [2.45, 2.75) is 32.4 Å². The summed E-state index contributed by atoms with van der Waals surface area (Å²) in [4.78, 5) is 11.9. The quantitative estimate of drug-likeness (QED) is 0.861. The van der Waals surface area contributed by atoms with Gasteiger partial charge in [-0.1, -0.05) is 26.0 Å². The van der Waals surface area contributed by atoms with Crippen LogP contribution in [-0.4, -0.2) is 16.4 Å². The van der Waals surface area contributed by atoms with E-state index in [-0.39, 0.29) is 11.8 Å². The Hall–Kier alpha value is -1.16. The maximum Gasteiger partial charge on any atom is 0.227 e. The van der Waals surface area contributed by atoms with Gasteiger partial charge in [-0.15, -0.1) is 0 Å². The molecule has 100 valence electrons. The van der Waals surface area contributed by atoms with Crippen LogP contribution in [-0.2, 0) is 21.3 Å². The molecule has 0 aliphatic carbocycles. The third-order valence-corrected chi connectivity index (χ3v) is 3.66. The number of carbonyl (C=O) groups excluding carboxylic acids is 1. The van der Waals surface area contributed by atoms with Crippen molar-refractivity contribution in [1.29, 1.82) is 0 Å². The van der Waals surface area contributed by atoms with Gasteiger partial charge in [0.05, 0.1) is 0 Å². The molecule has 1 rings (SSSR count). The van der Waals surface area contributed by atoms with E-state index >= 15 is 0 Å². The van der Waals surface area contributed by atoms with Crippen molar-refractivity contribution in [3.8, 4) is 0 Å². The zero-order chi connectivity index (χ0) is 13.5. The molecule has 0 heterocycles. The molecule has 18 heavy (non-hydrogen) atoms. The van der Waals surface area contributed by atoms with Crippen molar-refractivity contribution >= 4 is 22.4 Å². The average Bonchev–Trinajstić information content (AvgIpc) is 2.30. The van der Waals surface area contributed by atoms with Crippen LogP contribution in [0.4, 0.5) is 5.69 Å². The summed E-state index contributed by atoms with van der Waals surface area (Å²) in [5.41, 5.74) is 1.77. The van der Waals surface area contributed by atoms with E-state index < -0.39 is 10.8 Å². The predicted molar refractivity (Wildman–Crippen MR) is 76.9 cm³/mol. The maximum absolute atomic E-state index is 11.9. The first-order valence-corrected chi connectivity index (χ1v) is 7.99. The van der Waals surface area contributed by atoms with Gasteiger partial charge in [-0.2, -0.15) is 0 Å². The number of anilines is 1. The smallest absolute Gasteiger partial charge is 0.227 e. The normalized spacial score (nSPS) is 12.4. The van der Waals surface area contributed by atoms with Gasteiger partial charge in [0, 0.05) is 34.4 Å². The maximum atomic E-state index is 11.9. The van der Waals surface area contributed by atoms with Gasteiger partial charge in [0.2, 0.25) is 5.91 Å². The lowest BCUT2D eigenvalue weighted by molar-refractivity contribution is -0.120. The van der Waals surface area contributed by atoms with Crippen LogP contribution in [0.15, 0.2) is 24.3 Å². The number of nitrogens with one attached hydrogen (secondary N) is 1. The molecule has 0 aromatic heterocycles. The van der Waals surface area contributed by atoms with E-state index in [2.05, 4.69) is 5.32 Å². The monoisotopic (exact) mass is 267 g/mol. The first kappa shape index (κ1) is 14.9. The SMILES string of the molecule is CCC(CC)C(=O)Nc1cccc(C[S@@](C)=O)c1. The van der Waals surface area contributed by atoms with Crippen LogP contribution in [0.1, 0.15) is 32.3 Å². The van der Waals surface area contributed by atoms with E-state index in [1.807, 2.05) is 38.1 Å². The highest BCUT2D eigenvalue weighted by Gasteiger charge is 2.14. The summed E-state index contributed by atoms with van der Waals surface area (Å²) < 4.78 is 11.2. The fourth-order valence-electron chi connectivity index (χ4n) is 1.88. The summed E-state index contributed by atoms with van der Waals surface area (Å²) in [7, 11) is -0.862. The highest BCUT2D eigenvalue weighted by molar-refractivity contribution is 7.83. The van der Waals surface area contributed by atoms with E-state index in [1.165, 1.54) is 0 Å². The Kier molecular flexibility index (Phi) is 6.05. The lowest BCUT2D eigenvalue weighted by Crippen LogP contribution is -2.21. The molecule has 0 fully saturated rings. The van der Waals surface area contributed by atoms with Crippen LogP contribution in [0.2, 0.25) is 0 Å². The van der Waals surface area contributed by atoms with Crippen LogP contribution in [0.3, 0.4) is 0 Å². The Bertz CT molecular complexity index is 428. The van der Waals surface area contributed by atoms with E-state index in [0.717, 1.165) is 24.1 Å².